The van der Waals surface area contributed by atoms with Crippen molar-refractivity contribution in [2.45, 2.75) is 65.8 Å². The molecule has 1 aromatic rings. The summed E-state index contributed by atoms with van der Waals surface area (Å²) in [4.78, 5) is 2.44. The van der Waals surface area contributed by atoms with Crippen molar-refractivity contribution in [1.82, 2.24) is 4.90 Å². The number of thiocarbonyl (C=S) groups is 1. The van der Waals surface area contributed by atoms with Gasteiger partial charge in [0.2, 0.25) is 0 Å². The van der Waals surface area contributed by atoms with Crippen LogP contribution in [0.25, 0.3) is 0 Å². The third kappa shape index (κ3) is 3.55. The molecule has 2 nitrogen and oxygen atoms in total. The molecule has 23 heavy (non-hydrogen) atoms. The number of hydrogen-bond acceptors (Lipinski definition) is 1. The van der Waals surface area contributed by atoms with Crippen LogP contribution < -0.4 is 5.32 Å². The first-order valence-corrected chi connectivity index (χ1v) is 9.26. The Labute approximate surface area is 146 Å². The zero-order valence-corrected chi connectivity index (χ0v) is 16.0. The predicted octanol–water partition coefficient (Wildman–Crippen LogP) is 5.41. The van der Waals surface area contributed by atoms with E-state index in [0.717, 1.165) is 17.3 Å². The summed E-state index contributed by atoms with van der Waals surface area (Å²) < 4.78 is 0. The highest BCUT2D eigenvalue weighted by Crippen LogP contribution is 2.52. The zero-order valence-electron chi connectivity index (χ0n) is 15.1. The van der Waals surface area contributed by atoms with Crippen LogP contribution in [-0.2, 0) is 0 Å². The van der Waals surface area contributed by atoms with Crippen LogP contribution in [0, 0.1) is 10.8 Å². The summed E-state index contributed by atoms with van der Waals surface area (Å²) >= 11 is 5.74. The van der Waals surface area contributed by atoms with Crippen LogP contribution in [-0.4, -0.2) is 22.6 Å². The lowest BCUT2D eigenvalue weighted by Crippen LogP contribution is -2.39. The molecule has 3 rings (SSSR count). The molecule has 0 amide bonds. The molecule has 1 aliphatic heterocycles. The second-order valence-electron chi connectivity index (χ2n) is 9.05. The Morgan fingerprint density at radius 3 is 2.43 bits per heavy atom. The summed E-state index contributed by atoms with van der Waals surface area (Å²) in [5.41, 5.74) is 3.32. The standard InChI is InChI=1S/C20H30N2S/c1-14(2)15-6-8-16(9-7-15)21-18(23)22-13-20(5)11-17(22)10-19(3,4)12-20/h6-9,14,17H,10-13H2,1-5H3,(H,21,23). The summed E-state index contributed by atoms with van der Waals surface area (Å²) in [5.74, 6) is 0.566. The van der Waals surface area contributed by atoms with E-state index in [1.165, 1.54) is 24.8 Å². The number of nitrogens with one attached hydrogen (secondary N) is 1. The lowest BCUT2D eigenvalue weighted by atomic mass is 9.65. The Bertz CT molecular complexity index is 590. The molecule has 1 saturated heterocycles. The average molecular weight is 331 g/mol. The van der Waals surface area contributed by atoms with Crippen LogP contribution in [0.4, 0.5) is 5.69 Å². The van der Waals surface area contributed by atoms with Gasteiger partial charge < -0.3 is 10.2 Å². The molecule has 2 bridgehead atoms. The van der Waals surface area contributed by atoms with Crippen molar-refractivity contribution in [3.8, 4) is 0 Å². The second-order valence-corrected chi connectivity index (χ2v) is 9.44. The molecule has 1 aliphatic carbocycles. The first kappa shape index (κ1) is 16.8. The van der Waals surface area contributed by atoms with Crippen LogP contribution in [0.5, 0.6) is 0 Å². The second kappa shape index (κ2) is 5.77. The molecule has 0 radical (unpaired) electrons. The maximum atomic E-state index is 5.74. The van der Waals surface area contributed by atoms with Crippen molar-refractivity contribution in [3.05, 3.63) is 29.8 Å². The van der Waals surface area contributed by atoms with Gasteiger partial charge in [-0.25, -0.2) is 0 Å². The Morgan fingerprint density at radius 2 is 1.83 bits per heavy atom. The molecule has 1 heterocycles. The maximum Gasteiger partial charge on any atom is 0.173 e. The van der Waals surface area contributed by atoms with E-state index in [-0.39, 0.29) is 0 Å². The molecule has 1 saturated carbocycles. The number of benzene rings is 1. The molecule has 2 fully saturated rings. The molecular formula is C20H30N2S. The quantitative estimate of drug-likeness (QED) is 0.730. The van der Waals surface area contributed by atoms with Gasteiger partial charge in [0.15, 0.2) is 5.11 Å². The summed E-state index contributed by atoms with van der Waals surface area (Å²) in [7, 11) is 0. The highest BCUT2D eigenvalue weighted by Gasteiger charge is 2.50. The van der Waals surface area contributed by atoms with Crippen molar-refractivity contribution in [3.63, 3.8) is 0 Å². The lowest BCUT2D eigenvalue weighted by molar-refractivity contribution is 0.132. The summed E-state index contributed by atoms with van der Waals surface area (Å²) in [5, 5.41) is 4.36. The summed E-state index contributed by atoms with van der Waals surface area (Å²) in [6.45, 7) is 12.8. The molecule has 1 N–H and O–H groups in total. The van der Waals surface area contributed by atoms with E-state index in [0.29, 0.717) is 22.8 Å². The molecule has 2 unspecified atom stereocenters. The molecule has 126 valence electrons. The largest absolute Gasteiger partial charge is 0.345 e. The fraction of sp³-hybridized carbons (Fsp3) is 0.650. The van der Waals surface area contributed by atoms with Gasteiger partial charge in [-0.1, -0.05) is 46.8 Å². The van der Waals surface area contributed by atoms with Crippen LogP contribution in [0.15, 0.2) is 24.3 Å². The SMILES string of the molecule is CC(C)c1ccc(NC(=S)N2CC3(C)CC2CC(C)(C)C3)cc1. The molecule has 2 aliphatic rings. The topological polar surface area (TPSA) is 15.3 Å². The maximum absolute atomic E-state index is 5.74. The van der Waals surface area contributed by atoms with E-state index in [4.69, 9.17) is 12.2 Å². The van der Waals surface area contributed by atoms with E-state index < -0.39 is 0 Å². The van der Waals surface area contributed by atoms with Crippen LogP contribution in [0.2, 0.25) is 0 Å². The van der Waals surface area contributed by atoms with Crippen molar-refractivity contribution < 1.29 is 0 Å². The van der Waals surface area contributed by atoms with E-state index in [9.17, 15) is 0 Å². The van der Waals surface area contributed by atoms with E-state index in [2.05, 4.69) is 69.1 Å². The van der Waals surface area contributed by atoms with Gasteiger partial charge in [0.25, 0.3) is 0 Å². The fourth-order valence-corrected chi connectivity index (χ4v) is 5.18. The Kier molecular flexibility index (Phi) is 4.20. The number of likely N-dealkylation sites (tertiary alicyclic amines) is 1. The fourth-order valence-electron chi connectivity index (χ4n) is 4.84. The van der Waals surface area contributed by atoms with Gasteiger partial charge >= 0.3 is 0 Å². The molecule has 2 atom stereocenters. The minimum absolute atomic E-state index is 0.416. The minimum Gasteiger partial charge on any atom is -0.345 e. The van der Waals surface area contributed by atoms with Crippen LogP contribution >= 0.6 is 12.2 Å². The van der Waals surface area contributed by atoms with Gasteiger partial charge in [-0.2, -0.15) is 0 Å². The first-order chi connectivity index (χ1) is 10.7. The zero-order chi connectivity index (χ0) is 16.8. The normalized spacial score (nSPS) is 29.0. The van der Waals surface area contributed by atoms with Crippen molar-refractivity contribution >= 4 is 23.0 Å². The van der Waals surface area contributed by atoms with Crippen LogP contribution in [0.3, 0.4) is 0 Å². The lowest BCUT2D eigenvalue weighted by Gasteiger charge is -2.39. The number of hydrogen-bond donors (Lipinski definition) is 1. The van der Waals surface area contributed by atoms with Crippen molar-refractivity contribution in [2.75, 3.05) is 11.9 Å². The molecular weight excluding hydrogens is 300 g/mol. The smallest absolute Gasteiger partial charge is 0.173 e. The predicted molar refractivity (Wildman–Crippen MR) is 103 cm³/mol. The third-order valence-corrected chi connectivity index (χ3v) is 5.84. The van der Waals surface area contributed by atoms with Gasteiger partial charge in [-0.15, -0.1) is 0 Å². The first-order valence-electron chi connectivity index (χ1n) is 8.85. The number of anilines is 1. The Hall–Kier alpha value is -1.09. The summed E-state index contributed by atoms with van der Waals surface area (Å²) in [6.07, 6.45) is 3.83. The molecule has 3 heteroatoms. The van der Waals surface area contributed by atoms with Crippen molar-refractivity contribution in [2.24, 2.45) is 10.8 Å². The van der Waals surface area contributed by atoms with Gasteiger partial charge in [0, 0.05) is 18.3 Å². The highest BCUT2D eigenvalue weighted by atomic mass is 32.1. The van der Waals surface area contributed by atoms with E-state index in [1.807, 2.05) is 0 Å². The van der Waals surface area contributed by atoms with Crippen molar-refractivity contribution in [1.29, 1.82) is 0 Å². The Balaban J connectivity index is 1.69. The monoisotopic (exact) mass is 330 g/mol. The number of nitrogens with zero attached hydrogens (tertiary/aromatic N) is 1. The molecule has 1 aromatic carbocycles. The molecule has 0 spiro atoms. The van der Waals surface area contributed by atoms with E-state index in [1.54, 1.807) is 0 Å². The van der Waals surface area contributed by atoms with Gasteiger partial charge in [0.05, 0.1) is 0 Å². The number of rotatable bonds is 2. The minimum atomic E-state index is 0.416. The summed E-state index contributed by atoms with van der Waals surface area (Å²) in [6, 6.07) is 9.29. The third-order valence-electron chi connectivity index (χ3n) is 5.50. The molecule has 0 aromatic heterocycles. The van der Waals surface area contributed by atoms with Gasteiger partial charge in [-0.3, -0.25) is 0 Å². The van der Waals surface area contributed by atoms with Gasteiger partial charge in [0.1, 0.15) is 0 Å². The van der Waals surface area contributed by atoms with Crippen LogP contribution in [0.1, 0.15) is 65.4 Å². The van der Waals surface area contributed by atoms with Gasteiger partial charge in [-0.05, 0) is 65.9 Å². The highest BCUT2D eigenvalue weighted by molar-refractivity contribution is 7.80. The number of fused-ring (bicyclic) bond motifs is 2. The average Bonchev–Trinajstić information content (AvgIpc) is 2.68. The van der Waals surface area contributed by atoms with E-state index >= 15 is 0 Å². The Morgan fingerprint density at radius 1 is 1.17 bits per heavy atom.